The Labute approximate surface area is 109 Å². The van der Waals surface area contributed by atoms with Crippen LogP contribution in [0.5, 0.6) is 0 Å². The van der Waals surface area contributed by atoms with Gasteiger partial charge in [0.05, 0.1) is 0 Å². The molecule has 1 aromatic rings. The van der Waals surface area contributed by atoms with Crippen molar-refractivity contribution in [2.75, 3.05) is 23.7 Å². The molecule has 18 heavy (non-hydrogen) atoms. The van der Waals surface area contributed by atoms with Crippen LogP contribution >= 0.6 is 0 Å². The SMILES string of the molecule is Nc1nccc(N2CCC3(CCCCC3)CC2)n1. The van der Waals surface area contributed by atoms with Crippen LogP contribution in [0.3, 0.4) is 0 Å². The van der Waals surface area contributed by atoms with Crippen molar-refractivity contribution < 1.29 is 0 Å². The number of nitrogens with zero attached hydrogens (tertiary/aromatic N) is 3. The van der Waals surface area contributed by atoms with Crippen LogP contribution in [0.2, 0.25) is 0 Å². The molecule has 3 rings (SSSR count). The monoisotopic (exact) mass is 246 g/mol. The molecule has 4 heteroatoms. The molecular formula is C14H22N4. The minimum Gasteiger partial charge on any atom is -0.368 e. The summed E-state index contributed by atoms with van der Waals surface area (Å²) in [5.41, 5.74) is 6.30. The van der Waals surface area contributed by atoms with Gasteiger partial charge in [-0.2, -0.15) is 4.98 Å². The van der Waals surface area contributed by atoms with Crippen LogP contribution in [0, 0.1) is 5.41 Å². The number of hydrogen-bond acceptors (Lipinski definition) is 4. The number of aromatic nitrogens is 2. The van der Waals surface area contributed by atoms with E-state index in [9.17, 15) is 0 Å². The highest BCUT2D eigenvalue weighted by Crippen LogP contribution is 2.44. The Morgan fingerprint density at radius 3 is 2.44 bits per heavy atom. The van der Waals surface area contributed by atoms with Crippen LogP contribution in [0.25, 0.3) is 0 Å². The summed E-state index contributed by atoms with van der Waals surface area (Å²) in [7, 11) is 0. The highest BCUT2D eigenvalue weighted by atomic mass is 15.2. The van der Waals surface area contributed by atoms with E-state index in [2.05, 4.69) is 14.9 Å². The largest absolute Gasteiger partial charge is 0.368 e. The van der Waals surface area contributed by atoms with Crippen LogP contribution in [-0.4, -0.2) is 23.1 Å². The molecule has 4 nitrogen and oxygen atoms in total. The van der Waals surface area contributed by atoms with E-state index in [0.717, 1.165) is 18.9 Å². The fraction of sp³-hybridized carbons (Fsp3) is 0.714. The lowest BCUT2D eigenvalue weighted by Crippen LogP contribution is -2.41. The van der Waals surface area contributed by atoms with Gasteiger partial charge < -0.3 is 10.6 Å². The second-order valence-electron chi connectivity index (χ2n) is 5.82. The predicted molar refractivity (Wildman–Crippen MR) is 73.4 cm³/mol. The zero-order valence-corrected chi connectivity index (χ0v) is 10.9. The molecule has 0 unspecified atom stereocenters. The quantitative estimate of drug-likeness (QED) is 0.827. The summed E-state index contributed by atoms with van der Waals surface area (Å²) in [6.45, 7) is 2.24. The first-order valence-electron chi connectivity index (χ1n) is 7.11. The normalized spacial score (nSPS) is 23.2. The van der Waals surface area contributed by atoms with E-state index >= 15 is 0 Å². The highest BCUT2D eigenvalue weighted by molar-refractivity contribution is 5.41. The van der Waals surface area contributed by atoms with Gasteiger partial charge >= 0.3 is 0 Å². The zero-order valence-electron chi connectivity index (χ0n) is 10.9. The molecule has 1 spiro atoms. The van der Waals surface area contributed by atoms with Crippen molar-refractivity contribution in [3.05, 3.63) is 12.3 Å². The van der Waals surface area contributed by atoms with Crippen molar-refractivity contribution in [1.29, 1.82) is 0 Å². The predicted octanol–water partition coefficient (Wildman–Crippen LogP) is 2.61. The third-order valence-electron chi connectivity index (χ3n) is 4.72. The van der Waals surface area contributed by atoms with Crippen molar-refractivity contribution in [3.63, 3.8) is 0 Å². The Morgan fingerprint density at radius 1 is 1.06 bits per heavy atom. The third kappa shape index (κ3) is 2.28. The third-order valence-corrected chi connectivity index (χ3v) is 4.72. The topological polar surface area (TPSA) is 55.0 Å². The van der Waals surface area contributed by atoms with Crippen LogP contribution in [-0.2, 0) is 0 Å². The van der Waals surface area contributed by atoms with Gasteiger partial charge in [0, 0.05) is 19.3 Å². The van der Waals surface area contributed by atoms with E-state index in [1.807, 2.05) is 6.07 Å². The van der Waals surface area contributed by atoms with Gasteiger partial charge in [-0.25, -0.2) is 4.98 Å². The fourth-order valence-electron chi connectivity index (χ4n) is 3.55. The number of rotatable bonds is 1. The molecule has 1 saturated carbocycles. The van der Waals surface area contributed by atoms with Gasteiger partial charge in [0.15, 0.2) is 0 Å². The molecule has 98 valence electrons. The molecular weight excluding hydrogens is 224 g/mol. The first kappa shape index (κ1) is 11.8. The minimum atomic E-state index is 0.380. The van der Waals surface area contributed by atoms with Gasteiger partial charge in [0.25, 0.3) is 0 Å². The summed E-state index contributed by atoms with van der Waals surface area (Å²) in [5, 5.41) is 0. The lowest BCUT2D eigenvalue weighted by molar-refractivity contribution is 0.144. The minimum absolute atomic E-state index is 0.380. The van der Waals surface area contributed by atoms with Crippen molar-refractivity contribution >= 4 is 11.8 Å². The number of piperidine rings is 1. The standard InChI is InChI=1S/C14H22N4/c15-13-16-9-4-12(17-13)18-10-7-14(8-11-18)5-2-1-3-6-14/h4,9H,1-3,5-8,10-11H2,(H2,15,16,17). The van der Waals surface area contributed by atoms with Gasteiger partial charge in [-0.05, 0) is 37.2 Å². The van der Waals surface area contributed by atoms with Crippen LogP contribution in [0.4, 0.5) is 11.8 Å². The summed E-state index contributed by atoms with van der Waals surface area (Å²) in [4.78, 5) is 10.6. The van der Waals surface area contributed by atoms with Crippen molar-refractivity contribution in [2.24, 2.45) is 5.41 Å². The molecule has 2 heterocycles. The molecule has 2 aliphatic rings. The van der Waals surface area contributed by atoms with E-state index in [1.54, 1.807) is 6.20 Å². The second kappa shape index (κ2) is 4.75. The maximum Gasteiger partial charge on any atom is 0.221 e. The van der Waals surface area contributed by atoms with Gasteiger partial charge in [0.2, 0.25) is 5.95 Å². The lowest BCUT2D eigenvalue weighted by atomic mass is 9.68. The lowest BCUT2D eigenvalue weighted by Gasteiger charge is -2.44. The molecule has 2 fully saturated rings. The molecule has 0 radical (unpaired) electrons. The number of anilines is 2. The Morgan fingerprint density at radius 2 is 1.78 bits per heavy atom. The summed E-state index contributed by atoms with van der Waals surface area (Å²) in [6.07, 6.45) is 11.6. The van der Waals surface area contributed by atoms with E-state index < -0.39 is 0 Å². The molecule has 1 saturated heterocycles. The molecule has 1 aliphatic carbocycles. The summed E-state index contributed by atoms with van der Waals surface area (Å²) in [6, 6.07) is 1.97. The molecule has 0 amide bonds. The van der Waals surface area contributed by atoms with E-state index in [4.69, 9.17) is 5.73 Å². The van der Waals surface area contributed by atoms with Gasteiger partial charge in [0.1, 0.15) is 5.82 Å². The Balaban J connectivity index is 1.66. The molecule has 0 bridgehead atoms. The van der Waals surface area contributed by atoms with Crippen molar-refractivity contribution in [2.45, 2.75) is 44.9 Å². The van der Waals surface area contributed by atoms with E-state index in [0.29, 0.717) is 11.4 Å². The summed E-state index contributed by atoms with van der Waals surface area (Å²) < 4.78 is 0. The molecule has 0 aromatic carbocycles. The number of nitrogens with two attached hydrogens (primary N) is 1. The molecule has 1 aliphatic heterocycles. The number of hydrogen-bond donors (Lipinski definition) is 1. The Kier molecular flexibility index (Phi) is 3.10. The van der Waals surface area contributed by atoms with Gasteiger partial charge in [-0.3, -0.25) is 0 Å². The fourth-order valence-corrected chi connectivity index (χ4v) is 3.55. The highest BCUT2D eigenvalue weighted by Gasteiger charge is 2.35. The maximum absolute atomic E-state index is 5.65. The van der Waals surface area contributed by atoms with E-state index in [1.165, 1.54) is 44.9 Å². The van der Waals surface area contributed by atoms with Crippen LogP contribution in [0.15, 0.2) is 12.3 Å². The van der Waals surface area contributed by atoms with Crippen LogP contribution in [0.1, 0.15) is 44.9 Å². The van der Waals surface area contributed by atoms with E-state index in [-0.39, 0.29) is 0 Å². The Bertz CT molecular complexity index is 402. The zero-order chi connectivity index (χ0) is 12.4. The number of nitrogen functional groups attached to an aromatic ring is 1. The van der Waals surface area contributed by atoms with Crippen molar-refractivity contribution in [1.82, 2.24) is 9.97 Å². The first-order valence-corrected chi connectivity index (χ1v) is 7.11. The molecule has 1 aromatic heterocycles. The van der Waals surface area contributed by atoms with Crippen LogP contribution < -0.4 is 10.6 Å². The summed E-state index contributed by atoms with van der Waals surface area (Å²) in [5.74, 6) is 1.37. The second-order valence-corrected chi connectivity index (χ2v) is 5.82. The van der Waals surface area contributed by atoms with Gasteiger partial charge in [-0.1, -0.05) is 19.3 Å². The smallest absolute Gasteiger partial charge is 0.221 e. The molecule has 0 atom stereocenters. The first-order chi connectivity index (χ1) is 8.77. The average Bonchev–Trinajstić information content (AvgIpc) is 2.40. The Hall–Kier alpha value is -1.32. The molecule has 2 N–H and O–H groups in total. The summed E-state index contributed by atoms with van der Waals surface area (Å²) >= 11 is 0. The van der Waals surface area contributed by atoms with Gasteiger partial charge in [-0.15, -0.1) is 0 Å². The maximum atomic E-state index is 5.65. The average molecular weight is 246 g/mol. The van der Waals surface area contributed by atoms with Crippen molar-refractivity contribution in [3.8, 4) is 0 Å².